The zero-order valence-corrected chi connectivity index (χ0v) is 6.53. The van der Waals surface area contributed by atoms with Crippen molar-refractivity contribution < 1.29 is 8.78 Å². The maximum atomic E-state index is 12.2. The van der Waals surface area contributed by atoms with Crippen molar-refractivity contribution in [2.75, 3.05) is 0 Å². The average molecular weight is 148 g/mol. The van der Waals surface area contributed by atoms with E-state index in [0.717, 1.165) is 6.42 Å². The molecule has 0 spiro atoms. The van der Waals surface area contributed by atoms with Crippen molar-refractivity contribution in [3.8, 4) is 0 Å². The lowest BCUT2D eigenvalue weighted by molar-refractivity contribution is 0.0958. The lowest BCUT2D eigenvalue weighted by Gasteiger charge is -2.01. The molecule has 1 atom stereocenters. The molecule has 0 aliphatic heterocycles. The van der Waals surface area contributed by atoms with E-state index in [1.807, 2.05) is 0 Å². The highest BCUT2D eigenvalue weighted by Crippen LogP contribution is 2.51. The Hall–Kier alpha value is -0.140. The Kier molecular flexibility index (Phi) is 1.97. The fourth-order valence-corrected chi connectivity index (χ4v) is 1.12. The molecule has 0 bridgehead atoms. The first kappa shape index (κ1) is 7.96. The summed E-state index contributed by atoms with van der Waals surface area (Å²) in [5, 5.41) is 0. The molecule has 1 aliphatic rings. The van der Waals surface area contributed by atoms with E-state index < -0.39 is 5.92 Å². The van der Waals surface area contributed by atoms with Crippen LogP contribution in [0.15, 0.2) is 0 Å². The van der Waals surface area contributed by atoms with Gasteiger partial charge in [-0.3, -0.25) is 0 Å². The van der Waals surface area contributed by atoms with Crippen LogP contribution in [0, 0.1) is 11.8 Å². The Bertz CT molecular complexity index is 118. The zero-order valence-electron chi connectivity index (χ0n) is 6.53. The summed E-state index contributed by atoms with van der Waals surface area (Å²) in [6.07, 6.45) is 1.80. The monoisotopic (exact) mass is 148 g/mol. The predicted octanol–water partition coefficient (Wildman–Crippen LogP) is 3.08. The van der Waals surface area contributed by atoms with Crippen LogP contribution in [0.4, 0.5) is 8.78 Å². The van der Waals surface area contributed by atoms with Crippen molar-refractivity contribution in [2.24, 2.45) is 11.8 Å². The van der Waals surface area contributed by atoms with Crippen molar-refractivity contribution >= 4 is 0 Å². The molecule has 10 heavy (non-hydrogen) atoms. The van der Waals surface area contributed by atoms with Gasteiger partial charge in [-0.1, -0.05) is 20.3 Å². The number of rotatable bonds is 3. The summed E-state index contributed by atoms with van der Waals surface area (Å²) in [5.74, 6) is -2.01. The SMILES string of the molecule is CC(C)CC[C@H]1CC1(F)F. The number of hydrogen-bond donors (Lipinski definition) is 0. The second kappa shape index (κ2) is 2.48. The van der Waals surface area contributed by atoms with E-state index in [2.05, 4.69) is 13.8 Å². The molecule has 0 unspecified atom stereocenters. The van der Waals surface area contributed by atoms with Crippen LogP contribution in [0.3, 0.4) is 0 Å². The first-order chi connectivity index (χ1) is 4.52. The van der Waals surface area contributed by atoms with Crippen molar-refractivity contribution in [3.05, 3.63) is 0 Å². The molecule has 0 aromatic carbocycles. The maximum absolute atomic E-state index is 12.2. The van der Waals surface area contributed by atoms with Crippen LogP contribution in [0.1, 0.15) is 33.1 Å². The molecule has 0 aromatic rings. The molecule has 2 heteroatoms. The van der Waals surface area contributed by atoms with Crippen LogP contribution in [-0.4, -0.2) is 5.92 Å². The minimum Gasteiger partial charge on any atom is -0.207 e. The van der Waals surface area contributed by atoms with Crippen molar-refractivity contribution in [3.63, 3.8) is 0 Å². The van der Waals surface area contributed by atoms with Gasteiger partial charge in [0, 0.05) is 12.3 Å². The fraction of sp³-hybridized carbons (Fsp3) is 1.00. The van der Waals surface area contributed by atoms with Crippen LogP contribution >= 0.6 is 0 Å². The maximum Gasteiger partial charge on any atom is 0.251 e. The van der Waals surface area contributed by atoms with Gasteiger partial charge < -0.3 is 0 Å². The van der Waals surface area contributed by atoms with Crippen LogP contribution in [0.25, 0.3) is 0 Å². The standard InChI is InChI=1S/C8H14F2/c1-6(2)3-4-7-5-8(7,9)10/h6-7H,3-5H2,1-2H3/t7-/m0/s1. The highest BCUT2D eigenvalue weighted by atomic mass is 19.3. The minimum atomic E-state index is -2.30. The number of hydrogen-bond acceptors (Lipinski definition) is 0. The lowest BCUT2D eigenvalue weighted by Crippen LogP contribution is -1.95. The molecule has 60 valence electrons. The van der Waals surface area contributed by atoms with E-state index in [0.29, 0.717) is 12.3 Å². The van der Waals surface area contributed by atoms with Crippen LogP contribution in [0.5, 0.6) is 0 Å². The van der Waals surface area contributed by atoms with Gasteiger partial charge in [0.2, 0.25) is 0 Å². The zero-order chi connectivity index (χ0) is 7.78. The van der Waals surface area contributed by atoms with Gasteiger partial charge >= 0.3 is 0 Å². The summed E-state index contributed by atoms with van der Waals surface area (Å²) in [6.45, 7) is 4.14. The normalized spacial score (nSPS) is 29.1. The van der Waals surface area contributed by atoms with Gasteiger partial charge in [-0.2, -0.15) is 0 Å². The molecule has 1 saturated carbocycles. The third-order valence-corrected chi connectivity index (χ3v) is 2.05. The Morgan fingerprint density at radius 2 is 2.00 bits per heavy atom. The molecule has 0 aromatic heterocycles. The van der Waals surface area contributed by atoms with E-state index in [9.17, 15) is 8.78 Å². The van der Waals surface area contributed by atoms with E-state index in [4.69, 9.17) is 0 Å². The van der Waals surface area contributed by atoms with E-state index in [1.54, 1.807) is 0 Å². The predicted molar refractivity (Wildman–Crippen MR) is 37.1 cm³/mol. The molecule has 0 radical (unpaired) electrons. The molecular weight excluding hydrogens is 134 g/mol. The van der Waals surface area contributed by atoms with E-state index in [-0.39, 0.29) is 12.3 Å². The van der Waals surface area contributed by atoms with Gasteiger partial charge in [-0.05, 0) is 12.3 Å². The first-order valence-electron chi connectivity index (χ1n) is 3.90. The Morgan fingerprint density at radius 1 is 1.50 bits per heavy atom. The first-order valence-corrected chi connectivity index (χ1v) is 3.90. The Balaban J connectivity index is 2.07. The minimum absolute atomic E-state index is 0.139. The average Bonchev–Trinajstić information content (AvgIpc) is 2.35. The molecule has 0 saturated heterocycles. The third kappa shape index (κ3) is 1.93. The highest BCUT2D eigenvalue weighted by molar-refractivity contribution is 4.94. The summed E-state index contributed by atoms with van der Waals surface area (Å²) in [7, 11) is 0. The molecule has 1 rings (SSSR count). The van der Waals surface area contributed by atoms with Gasteiger partial charge in [0.15, 0.2) is 0 Å². The van der Waals surface area contributed by atoms with Crippen LogP contribution < -0.4 is 0 Å². The molecule has 0 amide bonds. The molecule has 0 heterocycles. The topological polar surface area (TPSA) is 0 Å². The Morgan fingerprint density at radius 3 is 2.30 bits per heavy atom. The van der Waals surface area contributed by atoms with Gasteiger partial charge in [-0.15, -0.1) is 0 Å². The highest BCUT2D eigenvalue weighted by Gasteiger charge is 2.55. The van der Waals surface area contributed by atoms with E-state index in [1.165, 1.54) is 0 Å². The van der Waals surface area contributed by atoms with Gasteiger partial charge in [0.25, 0.3) is 5.92 Å². The van der Waals surface area contributed by atoms with E-state index >= 15 is 0 Å². The molecule has 0 N–H and O–H groups in total. The molecule has 1 aliphatic carbocycles. The van der Waals surface area contributed by atoms with Crippen LogP contribution in [-0.2, 0) is 0 Å². The summed E-state index contributed by atoms with van der Waals surface area (Å²) >= 11 is 0. The third-order valence-electron chi connectivity index (χ3n) is 2.05. The smallest absolute Gasteiger partial charge is 0.207 e. The van der Waals surface area contributed by atoms with Crippen molar-refractivity contribution in [1.82, 2.24) is 0 Å². The number of halogens is 2. The quantitative estimate of drug-likeness (QED) is 0.577. The summed E-state index contributed by atoms with van der Waals surface area (Å²) in [4.78, 5) is 0. The second-order valence-corrected chi connectivity index (χ2v) is 3.63. The van der Waals surface area contributed by atoms with Gasteiger partial charge in [-0.25, -0.2) is 8.78 Å². The van der Waals surface area contributed by atoms with Gasteiger partial charge in [0.1, 0.15) is 0 Å². The largest absolute Gasteiger partial charge is 0.251 e. The fourth-order valence-electron chi connectivity index (χ4n) is 1.12. The van der Waals surface area contributed by atoms with Gasteiger partial charge in [0.05, 0.1) is 0 Å². The van der Waals surface area contributed by atoms with Crippen molar-refractivity contribution in [2.45, 2.75) is 39.0 Å². The Labute approximate surface area is 60.6 Å². The lowest BCUT2D eigenvalue weighted by atomic mass is 10.1. The summed E-state index contributed by atoms with van der Waals surface area (Å²) in [6, 6.07) is 0. The molecule has 0 nitrogen and oxygen atoms in total. The molecular formula is C8H14F2. The molecule has 1 fully saturated rings. The summed E-state index contributed by atoms with van der Waals surface area (Å²) < 4.78 is 24.5. The van der Waals surface area contributed by atoms with Crippen LogP contribution in [0.2, 0.25) is 0 Å². The number of alkyl halides is 2. The second-order valence-electron chi connectivity index (χ2n) is 3.63. The van der Waals surface area contributed by atoms with Crippen molar-refractivity contribution in [1.29, 1.82) is 0 Å². The summed E-state index contributed by atoms with van der Waals surface area (Å²) in [5.41, 5.74) is 0.